The number of halogens is 3. The summed E-state index contributed by atoms with van der Waals surface area (Å²) in [5.74, 6) is -3.17. The summed E-state index contributed by atoms with van der Waals surface area (Å²) < 4.78 is 26.5. The molecule has 0 bridgehead atoms. The summed E-state index contributed by atoms with van der Waals surface area (Å²) in [5.41, 5.74) is 1.81. The van der Waals surface area contributed by atoms with Gasteiger partial charge in [-0.3, -0.25) is 14.9 Å². The molecule has 1 aromatic rings. The zero-order chi connectivity index (χ0) is 18.0. The minimum absolute atomic E-state index is 0. The van der Waals surface area contributed by atoms with Gasteiger partial charge in [0.15, 0.2) is 0 Å². The largest absolute Gasteiger partial charge is 0.338 e. The van der Waals surface area contributed by atoms with Crippen LogP contribution in [0.15, 0.2) is 24.3 Å². The minimum Gasteiger partial charge on any atom is -0.338 e. The van der Waals surface area contributed by atoms with Crippen molar-refractivity contribution in [3.8, 4) is 0 Å². The standard InChI is InChI=1S/C18H23F2N3O2.ClH/c1-2-13-3-5-14(6-4-13)16(24)22-7-9-23(10-8-22)17(25)15-11-18(19,20)12-21-15;/h3-6,15,21H,2,7-12H2,1H3;1H. The summed E-state index contributed by atoms with van der Waals surface area (Å²) in [5, 5.41) is 2.59. The molecule has 2 saturated heterocycles. The van der Waals surface area contributed by atoms with E-state index in [0.29, 0.717) is 31.7 Å². The van der Waals surface area contributed by atoms with E-state index >= 15 is 0 Å². The molecule has 0 aromatic heterocycles. The topological polar surface area (TPSA) is 52.7 Å². The Morgan fingerprint density at radius 3 is 2.19 bits per heavy atom. The van der Waals surface area contributed by atoms with Crippen molar-refractivity contribution >= 4 is 24.2 Å². The highest BCUT2D eigenvalue weighted by Crippen LogP contribution is 2.26. The van der Waals surface area contributed by atoms with Gasteiger partial charge in [0.1, 0.15) is 0 Å². The number of alkyl halides is 2. The molecule has 1 aromatic carbocycles. The van der Waals surface area contributed by atoms with Gasteiger partial charge in [-0.2, -0.15) is 0 Å². The molecule has 3 rings (SSSR count). The van der Waals surface area contributed by atoms with Crippen molar-refractivity contribution in [3.05, 3.63) is 35.4 Å². The molecule has 0 saturated carbocycles. The van der Waals surface area contributed by atoms with E-state index in [0.717, 1.165) is 6.42 Å². The molecular weight excluding hydrogens is 364 g/mol. The summed E-state index contributed by atoms with van der Waals surface area (Å²) in [7, 11) is 0. The predicted molar refractivity (Wildman–Crippen MR) is 96.9 cm³/mol. The normalized spacial score (nSPS) is 22.0. The second-order valence-corrected chi connectivity index (χ2v) is 6.66. The summed E-state index contributed by atoms with van der Waals surface area (Å²) in [6, 6.07) is 6.71. The van der Waals surface area contributed by atoms with Crippen LogP contribution in [-0.2, 0) is 11.2 Å². The number of piperazine rings is 1. The van der Waals surface area contributed by atoms with Crippen LogP contribution < -0.4 is 5.32 Å². The van der Waals surface area contributed by atoms with Crippen LogP contribution >= 0.6 is 12.4 Å². The van der Waals surface area contributed by atoms with Gasteiger partial charge in [-0.15, -0.1) is 12.4 Å². The first-order chi connectivity index (χ1) is 11.9. The number of amides is 2. The van der Waals surface area contributed by atoms with Crippen molar-refractivity contribution in [2.45, 2.75) is 31.7 Å². The van der Waals surface area contributed by atoms with Crippen LogP contribution in [0.5, 0.6) is 0 Å². The lowest BCUT2D eigenvalue weighted by Gasteiger charge is -2.36. The number of hydrogen-bond acceptors (Lipinski definition) is 3. The van der Waals surface area contributed by atoms with Crippen LogP contribution in [0.2, 0.25) is 0 Å². The number of nitrogens with one attached hydrogen (secondary N) is 1. The van der Waals surface area contributed by atoms with Crippen LogP contribution in [0.1, 0.15) is 29.3 Å². The molecular formula is C18H24ClF2N3O2. The van der Waals surface area contributed by atoms with Gasteiger partial charge in [-0.25, -0.2) is 8.78 Å². The van der Waals surface area contributed by atoms with Gasteiger partial charge in [0.05, 0.1) is 12.6 Å². The lowest BCUT2D eigenvalue weighted by molar-refractivity contribution is -0.135. The number of rotatable bonds is 3. The van der Waals surface area contributed by atoms with Gasteiger partial charge < -0.3 is 9.80 Å². The summed E-state index contributed by atoms with van der Waals surface area (Å²) in [6.45, 7) is 3.20. The number of benzene rings is 1. The molecule has 2 aliphatic heterocycles. The van der Waals surface area contributed by atoms with Crippen molar-refractivity contribution in [2.75, 3.05) is 32.7 Å². The fraction of sp³-hybridized carbons (Fsp3) is 0.556. The first-order valence-corrected chi connectivity index (χ1v) is 8.68. The maximum Gasteiger partial charge on any atom is 0.262 e. The van der Waals surface area contributed by atoms with E-state index in [1.54, 1.807) is 9.80 Å². The van der Waals surface area contributed by atoms with Gasteiger partial charge in [0.25, 0.3) is 11.8 Å². The van der Waals surface area contributed by atoms with E-state index in [4.69, 9.17) is 0 Å². The van der Waals surface area contributed by atoms with Crippen LogP contribution in [0.4, 0.5) is 8.78 Å². The van der Waals surface area contributed by atoms with Gasteiger partial charge in [0.2, 0.25) is 5.91 Å². The highest BCUT2D eigenvalue weighted by Gasteiger charge is 2.43. The van der Waals surface area contributed by atoms with Crippen LogP contribution in [0.3, 0.4) is 0 Å². The molecule has 0 aliphatic carbocycles. The average Bonchev–Trinajstić information content (AvgIpc) is 3.00. The highest BCUT2D eigenvalue weighted by molar-refractivity contribution is 5.94. The van der Waals surface area contributed by atoms with Crippen molar-refractivity contribution in [1.29, 1.82) is 0 Å². The number of carbonyl (C=O) groups excluding carboxylic acids is 2. The lowest BCUT2D eigenvalue weighted by Crippen LogP contribution is -2.54. The van der Waals surface area contributed by atoms with Crippen molar-refractivity contribution in [3.63, 3.8) is 0 Å². The number of hydrogen-bond donors (Lipinski definition) is 1. The average molecular weight is 388 g/mol. The van der Waals surface area contributed by atoms with Crippen molar-refractivity contribution in [2.24, 2.45) is 0 Å². The SMILES string of the molecule is CCc1ccc(C(=O)N2CCN(C(=O)C3CC(F)(F)CN3)CC2)cc1.Cl. The number of carbonyl (C=O) groups is 2. The molecule has 2 fully saturated rings. The van der Waals surface area contributed by atoms with Gasteiger partial charge in [-0.1, -0.05) is 19.1 Å². The van der Waals surface area contributed by atoms with E-state index in [-0.39, 0.29) is 24.2 Å². The number of nitrogens with zero attached hydrogens (tertiary/aromatic N) is 2. The first-order valence-electron chi connectivity index (χ1n) is 8.68. The quantitative estimate of drug-likeness (QED) is 0.862. The van der Waals surface area contributed by atoms with Crippen LogP contribution in [0.25, 0.3) is 0 Å². The summed E-state index contributed by atoms with van der Waals surface area (Å²) >= 11 is 0. The molecule has 144 valence electrons. The van der Waals surface area contributed by atoms with Gasteiger partial charge in [0, 0.05) is 38.2 Å². The predicted octanol–water partition coefficient (Wildman–Crippen LogP) is 1.95. The molecule has 2 amide bonds. The fourth-order valence-electron chi connectivity index (χ4n) is 3.31. The molecule has 0 spiro atoms. The van der Waals surface area contributed by atoms with E-state index in [9.17, 15) is 18.4 Å². The fourth-order valence-corrected chi connectivity index (χ4v) is 3.31. The molecule has 1 N–H and O–H groups in total. The van der Waals surface area contributed by atoms with Crippen LogP contribution in [-0.4, -0.2) is 66.3 Å². The zero-order valence-corrected chi connectivity index (χ0v) is 15.5. The van der Waals surface area contributed by atoms with Gasteiger partial charge in [-0.05, 0) is 24.1 Å². The van der Waals surface area contributed by atoms with E-state index in [1.165, 1.54) is 5.56 Å². The minimum atomic E-state index is -2.82. The Morgan fingerprint density at radius 2 is 1.69 bits per heavy atom. The Labute approximate surface area is 158 Å². The molecule has 0 radical (unpaired) electrons. The maximum absolute atomic E-state index is 13.2. The van der Waals surface area contributed by atoms with Crippen molar-refractivity contribution in [1.82, 2.24) is 15.1 Å². The summed E-state index contributed by atoms with van der Waals surface area (Å²) in [4.78, 5) is 28.1. The third-order valence-electron chi connectivity index (χ3n) is 4.90. The monoisotopic (exact) mass is 387 g/mol. The molecule has 2 aliphatic rings. The summed E-state index contributed by atoms with van der Waals surface area (Å²) in [6.07, 6.45) is 0.470. The molecule has 26 heavy (non-hydrogen) atoms. The molecule has 5 nitrogen and oxygen atoms in total. The Hall–Kier alpha value is -1.73. The lowest BCUT2D eigenvalue weighted by atomic mass is 10.1. The molecule has 1 atom stereocenters. The Balaban J connectivity index is 0.00000243. The van der Waals surface area contributed by atoms with E-state index in [1.807, 2.05) is 24.3 Å². The molecule has 1 unspecified atom stereocenters. The maximum atomic E-state index is 13.2. The van der Waals surface area contributed by atoms with Crippen LogP contribution in [0, 0.1) is 0 Å². The third-order valence-corrected chi connectivity index (χ3v) is 4.90. The second-order valence-electron chi connectivity index (χ2n) is 6.66. The Kier molecular flexibility index (Phi) is 6.58. The first kappa shape index (κ1) is 20.6. The second kappa shape index (κ2) is 8.31. The van der Waals surface area contributed by atoms with Gasteiger partial charge >= 0.3 is 0 Å². The number of aryl methyl sites for hydroxylation is 1. The highest BCUT2D eigenvalue weighted by atomic mass is 35.5. The third kappa shape index (κ3) is 4.51. The molecule has 2 heterocycles. The van der Waals surface area contributed by atoms with Crippen molar-refractivity contribution < 1.29 is 18.4 Å². The molecule has 8 heteroatoms. The zero-order valence-electron chi connectivity index (χ0n) is 14.7. The Bertz CT molecular complexity index is 646. The Morgan fingerprint density at radius 1 is 1.12 bits per heavy atom. The van der Waals surface area contributed by atoms with E-state index in [2.05, 4.69) is 12.2 Å². The van der Waals surface area contributed by atoms with E-state index < -0.39 is 24.9 Å². The smallest absolute Gasteiger partial charge is 0.262 e.